The Balaban J connectivity index is 1.59. The van der Waals surface area contributed by atoms with E-state index in [0.717, 1.165) is 57.2 Å². The van der Waals surface area contributed by atoms with E-state index in [1.807, 2.05) is 19.4 Å². The number of aryl methyl sites for hydroxylation is 1. The van der Waals surface area contributed by atoms with Crippen LogP contribution in [0.4, 0.5) is 0 Å². The Morgan fingerprint density at radius 1 is 1.27 bits per heavy atom. The van der Waals surface area contributed by atoms with Crippen LogP contribution in [-0.2, 0) is 23.6 Å². The number of rotatable bonds is 5. The van der Waals surface area contributed by atoms with E-state index in [4.69, 9.17) is 0 Å². The molecule has 0 aromatic carbocycles. The predicted octanol–water partition coefficient (Wildman–Crippen LogP) is 1.25. The van der Waals surface area contributed by atoms with Gasteiger partial charge in [-0.3, -0.25) is 9.58 Å². The predicted molar refractivity (Wildman–Crippen MR) is 85.8 cm³/mol. The van der Waals surface area contributed by atoms with Gasteiger partial charge in [0.15, 0.2) is 0 Å². The maximum atomic E-state index is 12.6. The van der Waals surface area contributed by atoms with Crippen molar-refractivity contribution in [3.05, 3.63) is 18.0 Å². The summed E-state index contributed by atoms with van der Waals surface area (Å²) in [6.45, 7) is 2.37. The molecule has 7 heteroatoms. The normalized spacial score (nSPS) is 24.9. The average Bonchev–Trinajstić information content (AvgIpc) is 3.11. The summed E-state index contributed by atoms with van der Waals surface area (Å²) in [5.74, 6) is 0. The lowest BCUT2D eigenvalue weighted by atomic mass is 10.1. The largest absolute Gasteiger partial charge is 0.298 e. The van der Waals surface area contributed by atoms with E-state index in [1.54, 1.807) is 4.68 Å². The van der Waals surface area contributed by atoms with Gasteiger partial charge in [-0.25, -0.2) is 13.1 Å². The Bertz CT molecular complexity index is 592. The Morgan fingerprint density at radius 3 is 2.73 bits per heavy atom. The van der Waals surface area contributed by atoms with Gasteiger partial charge < -0.3 is 0 Å². The molecule has 1 aromatic heterocycles. The minimum Gasteiger partial charge on any atom is -0.298 e. The van der Waals surface area contributed by atoms with Crippen LogP contribution in [0.3, 0.4) is 0 Å². The van der Waals surface area contributed by atoms with Crippen LogP contribution in [0.1, 0.15) is 44.1 Å². The van der Waals surface area contributed by atoms with E-state index in [-0.39, 0.29) is 11.3 Å². The molecule has 1 saturated carbocycles. The molecule has 1 saturated heterocycles. The molecule has 0 spiro atoms. The molecule has 124 valence electrons. The summed E-state index contributed by atoms with van der Waals surface area (Å²) in [6, 6.07) is 0.165. The maximum absolute atomic E-state index is 12.6. The molecule has 6 nitrogen and oxygen atoms in total. The Labute approximate surface area is 132 Å². The van der Waals surface area contributed by atoms with E-state index < -0.39 is 10.0 Å². The number of piperidine rings is 1. The summed E-state index contributed by atoms with van der Waals surface area (Å²) in [5, 5.41) is 3.90. The molecule has 1 aliphatic heterocycles. The molecule has 0 radical (unpaired) electrons. The first kappa shape index (κ1) is 16.0. The first-order chi connectivity index (χ1) is 10.5. The first-order valence-electron chi connectivity index (χ1n) is 8.24. The SMILES string of the molecule is Cn1cc(CN2CCCC(S(=O)(=O)NC3CCCC3)C2)cn1. The highest BCUT2D eigenvalue weighted by atomic mass is 32.2. The molecule has 1 N–H and O–H groups in total. The van der Waals surface area contributed by atoms with E-state index >= 15 is 0 Å². The van der Waals surface area contributed by atoms with Crippen LogP contribution in [0.2, 0.25) is 0 Å². The number of nitrogens with one attached hydrogen (secondary N) is 1. The second-order valence-electron chi connectivity index (χ2n) is 6.67. The van der Waals surface area contributed by atoms with Crippen molar-refractivity contribution in [3.63, 3.8) is 0 Å². The van der Waals surface area contributed by atoms with Gasteiger partial charge in [-0.05, 0) is 32.2 Å². The molecular weight excluding hydrogens is 300 g/mol. The molecule has 22 heavy (non-hydrogen) atoms. The van der Waals surface area contributed by atoms with Crippen molar-refractivity contribution in [2.75, 3.05) is 13.1 Å². The molecule has 0 bridgehead atoms. The standard InChI is InChI=1S/C15H26N4O2S/c1-18-10-13(9-16-18)11-19-8-4-7-15(12-19)22(20,21)17-14-5-2-3-6-14/h9-10,14-15,17H,2-8,11-12H2,1H3. The molecule has 3 rings (SSSR count). The van der Waals surface area contributed by atoms with Crippen molar-refractivity contribution in [3.8, 4) is 0 Å². The summed E-state index contributed by atoms with van der Waals surface area (Å²) in [6.07, 6.45) is 9.83. The molecule has 2 aliphatic rings. The van der Waals surface area contributed by atoms with Gasteiger partial charge in [-0.1, -0.05) is 12.8 Å². The van der Waals surface area contributed by atoms with E-state index in [0.29, 0.717) is 6.54 Å². The fourth-order valence-electron chi connectivity index (χ4n) is 3.59. The fourth-order valence-corrected chi connectivity index (χ4v) is 5.37. The molecule has 1 atom stereocenters. The van der Waals surface area contributed by atoms with Crippen molar-refractivity contribution >= 4 is 10.0 Å². The monoisotopic (exact) mass is 326 g/mol. The number of likely N-dealkylation sites (tertiary alicyclic amines) is 1. The molecule has 1 aromatic rings. The minimum absolute atomic E-state index is 0.165. The summed E-state index contributed by atoms with van der Waals surface area (Å²) >= 11 is 0. The van der Waals surface area contributed by atoms with Crippen molar-refractivity contribution in [2.24, 2.45) is 7.05 Å². The number of hydrogen-bond acceptors (Lipinski definition) is 4. The number of hydrogen-bond donors (Lipinski definition) is 1. The van der Waals surface area contributed by atoms with Crippen molar-refractivity contribution in [1.82, 2.24) is 19.4 Å². The van der Waals surface area contributed by atoms with Gasteiger partial charge in [0.1, 0.15) is 0 Å². The van der Waals surface area contributed by atoms with E-state index in [1.165, 1.54) is 0 Å². The summed E-state index contributed by atoms with van der Waals surface area (Å²) < 4.78 is 29.9. The van der Waals surface area contributed by atoms with Gasteiger partial charge in [0.25, 0.3) is 0 Å². The van der Waals surface area contributed by atoms with Gasteiger partial charge in [0.2, 0.25) is 10.0 Å². The van der Waals surface area contributed by atoms with Gasteiger partial charge in [-0.15, -0.1) is 0 Å². The third-order valence-corrected chi connectivity index (χ3v) is 6.68. The zero-order valence-electron chi connectivity index (χ0n) is 13.2. The van der Waals surface area contributed by atoms with E-state index in [9.17, 15) is 8.42 Å². The second-order valence-corrected chi connectivity index (χ2v) is 8.66. The number of aromatic nitrogens is 2. The summed E-state index contributed by atoms with van der Waals surface area (Å²) in [5.41, 5.74) is 1.14. The van der Waals surface area contributed by atoms with Gasteiger partial charge >= 0.3 is 0 Å². The Kier molecular flexibility index (Phi) is 4.84. The Morgan fingerprint density at radius 2 is 2.05 bits per heavy atom. The van der Waals surface area contributed by atoms with Crippen LogP contribution in [0.25, 0.3) is 0 Å². The topological polar surface area (TPSA) is 67.2 Å². The molecule has 1 aliphatic carbocycles. The third kappa shape index (κ3) is 3.88. The molecular formula is C15H26N4O2S. The fraction of sp³-hybridized carbons (Fsp3) is 0.800. The molecule has 0 amide bonds. The quantitative estimate of drug-likeness (QED) is 0.884. The van der Waals surface area contributed by atoms with Gasteiger partial charge in [0.05, 0.1) is 11.4 Å². The van der Waals surface area contributed by atoms with Crippen molar-refractivity contribution in [1.29, 1.82) is 0 Å². The molecule has 2 fully saturated rings. The number of nitrogens with zero attached hydrogens (tertiary/aromatic N) is 3. The van der Waals surface area contributed by atoms with Crippen LogP contribution in [0.15, 0.2) is 12.4 Å². The van der Waals surface area contributed by atoms with Crippen LogP contribution in [0.5, 0.6) is 0 Å². The maximum Gasteiger partial charge on any atom is 0.215 e. The third-order valence-electron chi connectivity index (χ3n) is 4.75. The lowest BCUT2D eigenvalue weighted by Gasteiger charge is -2.32. The Hall–Kier alpha value is -0.920. The average molecular weight is 326 g/mol. The zero-order valence-corrected chi connectivity index (χ0v) is 14.1. The smallest absolute Gasteiger partial charge is 0.215 e. The highest BCUT2D eigenvalue weighted by Crippen LogP contribution is 2.22. The highest BCUT2D eigenvalue weighted by molar-refractivity contribution is 7.90. The first-order valence-corrected chi connectivity index (χ1v) is 9.78. The second kappa shape index (κ2) is 6.68. The molecule has 1 unspecified atom stereocenters. The minimum atomic E-state index is -3.20. The van der Waals surface area contributed by atoms with Crippen LogP contribution < -0.4 is 4.72 Å². The van der Waals surface area contributed by atoms with Crippen LogP contribution in [0, 0.1) is 0 Å². The number of sulfonamides is 1. The van der Waals surface area contributed by atoms with Gasteiger partial charge in [-0.2, -0.15) is 5.10 Å². The summed E-state index contributed by atoms with van der Waals surface area (Å²) in [4.78, 5) is 2.24. The summed E-state index contributed by atoms with van der Waals surface area (Å²) in [7, 11) is -1.30. The molecule has 2 heterocycles. The van der Waals surface area contributed by atoms with E-state index in [2.05, 4.69) is 14.7 Å². The van der Waals surface area contributed by atoms with Crippen LogP contribution >= 0.6 is 0 Å². The van der Waals surface area contributed by atoms with Crippen LogP contribution in [-0.4, -0.2) is 47.5 Å². The lowest BCUT2D eigenvalue weighted by Crippen LogP contribution is -2.48. The van der Waals surface area contributed by atoms with Crippen molar-refractivity contribution < 1.29 is 8.42 Å². The zero-order chi connectivity index (χ0) is 15.6. The lowest BCUT2D eigenvalue weighted by molar-refractivity contribution is 0.221. The van der Waals surface area contributed by atoms with Crippen molar-refractivity contribution in [2.45, 2.75) is 56.4 Å². The van der Waals surface area contributed by atoms with Gasteiger partial charge in [0, 0.05) is 37.9 Å². The highest BCUT2D eigenvalue weighted by Gasteiger charge is 2.33.